The van der Waals surface area contributed by atoms with E-state index in [9.17, 15) is 0 Å². The van der Waals surface area contributed by atoms with Crippen LogP contribution >= 0.6 is 0 Å². The minimum Gasteiger partial charge on any atom is -0.103 e. The molecule has 11 heavy (non-hydrogen) atoms. The molecule has 0 heteroatoms. The van der Waals surface area contributed by atoms with E-state index in [-0.39, 0.29) is 0 Å². The topological polar surface area (TPSA) is 0 Å². The molecule has 2 atom stereocenters. The smallest absolute Gasteiger partial charge is 0.0205 e. The van der Waals surface area contributed by atoms with E-state index in [1.807, 2.05) is 0 Å². The van der Waals surface area contributed by atoms with Crippen molar-refractivity contribution in [2.75, 3.05) is 0 Å². The van der Waals surface area contributed by atoms with E-state index in [0.29, 0.717) is 0 Å². The Morgan fingerprint density at radius 1 is 1.36 bits per heavy atom. The molecule has 1 aliphatic rings. The second-order valence-electron chi connectivity index (χ2n) is 3.69. The lowest BCUT2D eigenvalue weighted by Gasteiger charge is -1.97. The molecule has 0 aromatic rings. The van der Waals surface area contributed by atoms with Gasteiger partial charge in [0.2, 0.25) is 0 Å². The van der Waals surface area contributed by atoms with Gasteiger partial charge in [0.1, 0.15) is 0 Å². The zero-order chi connectivity index (χ0) is 8.10. The fourth-order valence-electron chi connectivity index (χ4n) is 1.68. The van der Waals surface area contributed by atoms with Gasteiger partial charge in [-0.15, -0.1) is 5.92 Å². The van der Waals surface area contributed by atoms with Crippen LogP contribution < -0.4 is 0 Å². The maximum atomic E-state index is 3.36. The zero-order valence-corrected chi connectivity index (χ0v) is 7.69. The van der Waals surface area contributed by atoms with Crippen molar-refractivity contribution in [2.24, 2.45) is 11.8 Å². The summed E-state index contributed by atoms with van der Waals surface area (Å²) in [5, 5.41) is 0. The zero-order valence-electron chi connectivity index (χ0n) is 7.69. The van der Waals surface area contributed by atoms with Crippen LogP contribution in [0.4, 0.5) is 0 Å². The molecule has 1 saturated carbocycles. The Balaban J connectivity index is 2.23. The first-order chi connectivity index (χ1) is 5.33. The standard InChI is InChI=1S/C11H18/c1-3-4-5-6-11-8-7-10(2)9-11/h10-11H,3-4,7-9H2,1-2H3. The first-order valence-electron chi connectivity index (χ1n) is 4.81. The lowest BCUT2D eigenvalue weighted by Crippen LogP contribution is -1.88. The van der Waals surface area contributed by atoms with E-state index < -0.39 is 0 Å². The van der Waals surface area contributed by atoms with Crippen molar-refractivity contribution in [1.82, 2.24) is 0 Å². The summed E-state index contributed by atoms with van der Waals surface area (Å²) in [5.74, 6) is 8.27. The summed E-state index contributed by atoms with van der Waals surface area (Å²) in [6.07, 6.45) is 6.38. The van der Waals surface area contributed by atoms with Gasteiger partial charge in [0.15, 0.2) is 0 Å². The van der Waals surface area contributed by atoms with Gasteiger partial charge in [-0.3, -0.25) is 0 Å². The number of hydrogen-bond acceptors (Lipinski definition) is 0. The predicted octanol–water partition coefficient (Wildman–Crippen LogP) is 3.23. The second-order valence-corrected chi connectivity index (χ2v) is 3.69. The van der Waals surface area contributed by atoms with E-state index in [0.717, 1.165) is 18.3 Å². The van der Waals surface area contributed by atoms with Gasteiger partial charge in [-0.1, -0.05) is 19.8 Å². The van der Waals surface area contributed by atoms with Crippen LogP contribution in [0.3, 0.4) is 0 Å². The molecule has 0 aliphatic heterocycles. The summed E-state index contributed by atoms with van der Waals surface area (Å²) in [5.41, 5.74) is 0. The maximum absolute atomic E-state index is 3.36. The molecule has 0 spiro atoms. The summed E-state index contributed by atoms with van der Waals surface area (Å²) < 4.78 is 0. The van der Waals surface area contributed by atoms with Gasteiger partial charge < -0.3 is 0 Å². The molecule has 0 N–H and O–H groups in total. The molecular formula is C11H18. The van der Waals surface area contributed by atoms with Crippen molar-refractivity contribution in [1.29, 1.82) is 0 Å². The van der Waals surface area contributed by atoms with Gasteiger partial charge in [-0.05, 0) is 31.6 Å². The third kappa shape index (κ3) is 2.97. The fourth-order valence-corrected chi connectivity index (χ4v) is 1.68. The Kier molecular flexibility index (Phi) is 3.49. The molecular weight excluding hydrogens is 132 g/mol. The molecule has 0 radical (unpaired) electrons. The molecule has 1 fully saturated rings. The van der Waals surface area contributed by atoms with Crippen molar-refractivity contribution in [3.63, 3.8) is 0 Å². The van der Waals surface area contributed by atoms with Crippen LogP contribution in [-0.2, 0) is 0 Å². The van der Waals surface area contributed by atoms with Crippen molar-refractivity contribution in [3.8, 4) is 11.8 Å². The van der Waals surface area contributed by atoms with Crippen LogP contribution in [0.2, 0.25) is 0 Å². The summed E-state index contributed by atoms with van der Waals surface area (Å²) in [6, 6.07) is 0. The minimum atomic E-state index is 0.733. The van der Waals surface area contributed by atoms with Gasteiger partial charge in [0.05, 0.1) is 0 Å². The lowest BCUT2D eigenvalue weighted by molar-refractivity contribution is 0.592. The average Bonchev–Trinajstić information content (AvgIpc) is 2.37. The van der Waals surface area contributed by atoms with Crippen LogP contribution in [0, 0.1) is 23.7 Å². The van der Waals surface area contributed by atoms with Crippen LogP contribution in [0.5, 0.6) is 0 Å². The predicted molar refractivity (Wildman–Crippen MR) is 49.2 cm³/mol. The third-order valence-electron chi connectivity index (χ3n) is 2.38. The van der Waals surface area contributed by atoms with Crippen LogP contribution in [0.25, 0.3) is 0 Å². The molecule has 0 heterocycles. The van der Waals surface area contributed by atoms with E-state index in [1.165, 1.54) is 25.7 Å². The molecule has 2 unspecified atom stereocenters. The van der Waals surface area contributed by atoms with Gasteiger partial charge >= 0.3 is 0 Å². The van der Waals surface area contributed by atoms with Crippen LogP contribution in [0.15, 0.2) is 0 Å². The number of hydrogen-bond donors (Lipinski definition) is 0. The van der Waals surface area contributed by atoms with Crippen LogP contribution in [0.1, 0.15) is 46.0 Å². The van der Waals surface area contributed by atoms with Crippen molar-refractivity contribution >= 4 is 0 Å². The van der Waals surface area contributed by atoms with E-state index >= 15 is 0 Å². The average molecular weight is 150 g/mol. The van der Waals surface area contributed by atoms with E-state index in [2.05, 4.69) is 25.7 Å². The molecule has 1 rings (SSSR count). The summed E-state index contributed by atoms with van der Waals surface area (Å²) >= 11 is 0. The lowest BCUT2D eigenvalue weighted by atomic mass is 10.1. The van der Waals surface area contributed by atoms with Crippen molar-refractivity contribution in [2.45, 2.75) is 46.0 Å². The van der Waals surface area contributed by atoms with Gasteiger partial charge in [0, 0.05) is 12.3 Å². The monoisotopic (exact) mass is 150 g/mol. The highest BCUT2D eigenvalue weighted by molar-refractivity contribution is 5.05. The first-order valence-corrected chi connectivity index (χ1v) is 4.81. The molecule has 1 aliphatic carbocycles. The normalized spacial score (nSPS) is 29.6. The Labute approximate surface area is 70.4 Å². The Hall–Kier alpha value is -0.440. The number of rotatable bonds is 1. The largest absolute Gasteiger partial charge is 0.103 e. The van der Waals surface area contributed by atoms with Crippen molar-refractivity contribution in [3.05, 3.63) is 0 Å². The highest BCUT2D eigenvalue weighted by Crippen LogP contribution is 2.29. The van der Waals surface area contributed by atoms with Gasteiger partial charge in [-0.2, -0.15) is 0 Å². The fraction of sp³-hybridized carbons (Fsp3) is 0.818. The summed E-state index contributed by atoms with van der Waals surface area (Å²) in [7, 11) is 0. The third-order valence-corrected chi connectivity index (χ3v) is 2.38. The molecule has 0 saturated heterocycles. The minimum absolute atomic E-state index is 0.733. The summed E-state index contributed by atoms with van der Waals surface area (Å²) in [6.45, 7) is 4.52. The first kappa shape index (κ1) is 8.65. The van der Waals surface area contributed by atoms with Crippen LogP contribution in [-0.4, -0.2) is 0 Å². The molecule has 0 aromatic heterocycles. The maximum Gasteiger partial charge on any atom is 0.0205 e. The highest BCUT2D eigenvalue weighted by Gasteiger charge is 2.18. The number of unbranched alkanes of at least 4 members (excludes halogenated alkanes) is 1. The highest BCUT2D eigenvalue weighted by atomic mass is 14.2. The molecule has 0 amide bonds. The molecule has 0 bridgehead atoms. The Morgan fingerprint density at radius 3 is 2.73 bits per heavy atom. The summed E-state index contributed by atoms with van der Waals surface area (Å²) in [4.78, 5) is 0. The van der Waals surface area contributed by atoms with E-state index in [1.54, 1.807) is 0 Å². The molecule has 0 nitrogen and oxygen atoms in total. The molecule has 0 aromatic carbocycles. The van der Waals surface area contributed by atoms with Crippen molar-refractivity contribution < 1.29 is 0 Å². The Bertz CT molecular complexity index is 159. The van der Waals surface area contributed by atoms with E-state index in [4.69, 9.17) is 0 Å². The Morgan fingerprint density at radius 2 is 2.18 bits per heavy atom. The van der Waals surface area contributed by atoms with Gasteiger partial charge in [0.25, 0.3) is 0 Å². The quantitative estimate of drug-likeness (QED) is 0.503. The SMILES string of the molecule is CCCC#CC1CCC(C)C1. The second kappa shape index (κ2) is 4.44. The van der Waals surface area contributed by atoms with Gasteiger partial charge in [-0.25, -0.2) is 0 Å². The molecule has 62 valence electrons.